The first-order chi connectivity index (χ1) is 15.1. The average molecular weight is 476 g/mol. The Hall–Kier alpha value is -2.19. The van der Waals surface area contributed by atoms with E-state index in [9.17, 15) is 4.79 Å². The fourth-order valence-corrected chi connectivity index (χ4v) is 4.74. The van der Waals surface area contributed by atoms with E-state index < -0.39 is 0 Å². The predicted molar refractivity (Wildman–Crippen MR) is 133 cm³/mol. The van der Waals surface area contributed by atoms with Crippen molar-refractivity contribution in [2.75, 3.05) is 50.9 Å². The standard InChI is InChI=1S/C24H29N3O3S.ClH/c1-18-9-10-21-23(19(18)2)25-24(31-21)27(12-6-11-26-13-15-29-16-14-26)22(28)17-30-20-7-4-3-5-8-20;/h3-5,7-10H,6,11-17H2,1-2H3;1H. The first-order valence-corrected chi connectivity index (χ1v) is 11.6. The molecular weight excluding hydrogens is 446 g/mol. The van der Waals surface area contributed by atoms with Crippen molar-refractivity contribution in [3.8, 4) is 5.75 Å². The fraction of sp³-hybridized carbons (Fsp3) is 0.417. The second-order valence-corrected chi connectivity index (χ2v) is 8.81. The molecule has 8 heteroatoms. The molecule has 2 aromatic carbocycles. The minimum absolute atomic E-state index is 0. The molecular formula is C24H30ClN3O3S. The summed E-state index contributed by atoms with van der Waals surface area (Å²) in [6, 6.07) is 13.7. The van der Waals surface area contributed by atoms with Gasteiger partial charge < -0.3 is 9.47 Å². The van der Waals surface area contributed by atoms with Crippen LogP contribution in [-0.4, -0.2) is 61.8 Å². The molecule has 0 atom stereocenters. The molecule has 32 heavy (non-hydrogen) atoms. The van der Waals surface area contributed by atoms with Gasteiger partial charge in [-0.15, -0.1) is 12.4 Å². The summed E-state index contributed by atoms with van der Waals surface area (Å²) in [5.41, 5.74) is 3.36. The van der Waals surface area contributed by atoms with Crippen molar-refractivity contribution in [3.63, 3.8) is 0 Å². The summed E-state index contributed by atoms with van der Waals surface area (Å²) in [6.45, 7) is 9.19. The number of aromatic nitrogens is 1. The van der Waals surface area contributed by atoms with Crippen molar-refractivity contribution in [2.45, 2.75) is 20.3 Å². The van der Waals surface area contributed by atoms with Crippen LogP contribution in [0.2, 0.25) is 0 Å². The molecule has 0 saturated carbocycles. The van der Waals surface area contributed by atoms with Gasteiger partial charge in [-0.3, -0.25) is 14.6 Å². The summed E-state index contributed by atoms with van der Waals surface area (Å²) in [7, 11) is 0. The number of halogens is 1. The van der Waals surface area contributed by atoms with Crippen LogP contribution in [0, 0.1) is 13.8 Å². The lowest BCUT2D eigenvalue weighted by molar-refractivity contribution is -0.120. The summed E-state index contributed by atoms with van der Waals surface area (Å²) in [5.74, 6) is 0.624. The van der Waals surface area contributed by atoms with E-state index >= 15 is 0 Å². The van der Waals surface area contributed by atoms with E-state index in [1.54, 1.807) is 16.2 Å². The van der Waals surface area contributed by atoms with E-state index in [0.29, 0.717) is 12.3 Å². The van der Waals surface area contributed by atoms with Crippen molar-refractivity contribution < 1.29 is 14.3 Å². The van der Waals surface area contributed by atoms with E-state index in [2.05, 4.69) is 30.9 Å². The van der Waals surface area contributed by atoms with E-state index in [0.717, 1.165) is 54.6 Å². The number of carbonyl (C=O) groups is 1. The molecule has 1 aliphatic rings. The summed E-state index contributed by atoms with van der Waals surface area (Å²) >= 11 is 1.57. The zero-order valence-electron chi connectivity index (χ0n) is 18.6. The Morgan fingerprint density at radius 2 is 1.91 bits per heavy atom. The third kappa shape index (κ3) is 5.98. The van der Waals surface area contributed by atoms with Crippen molar-refractivity contribution in [3.05, 3.63) is 53.6 Å². The van der Waals surface area contributed by atoms with E-state index in [1.165, 1.54) is 11.1 Å². The monoisotopic (exact) mass is 475 g/mol. The van der Waals surface area contributed by atoms with Gasteiger partial charge in [0.2, 0.25) is 0 Å². The maximum atomic E-state index is 13.2. The van der Waals surface area contributed by atoms with Crippen LogP contribution in [-0.2, 0) is 9.53 Å². The Kier molecular flexibility index (Phi) is 8.87. The number of ether oxygens (including phenoxy) is 2. The van der Waals surface area contributed by atoms with Crippen LogP contribution in [0.5, 0.6) is 5.75 Å². The first kappa shape index (κ1) is 24.5. The predicted octanol–water partition coefficient (Wildman–Crippen LogP) is 4.47. The van der Waals surface area contributed by atoms with E-state index in [-0.39, 0.29) is 24.9 Å². The minimum atomic E-state index is -0.0701. The third-order valence-electron chi connectivity index (χ3n) is 5.67. The highest BCUT2D eigenvalue weighted by molar-refractivity contribution is 7.22. The van der Waals surface area contributed by atoms with Crippen LogP contribution in [0.1, 0.15) is 17.5 Å². The number of para-hydroxylation sites is 1. The van der Waals surface area contributed by atoms with Gasteiger partial charge >= 0.3 is 0 Å². The Balaban J connectivity index is 0.00000289. The van der Waals surface area contributed by atoms with E-state index in [4.69, 9.17) is 14.5 Å². The van der Waals surface area contributed by atoms with Gasteiger partial charge in [-0.2, -0.15) is 0 Å². The molecule has 0 radical (unpaired) electrons. The van der Waals surface area contributed by atoms with Crippen LogP contribution in [0.4, 0.5) is 5.13 Å². The quantitative estimate of drug-likeness (QED) is 0.481. The Bertz CT molecular complexity index is 1020. The number of hydrogen-bond donors (Lipinski definition) is 0. The normalized spacial score (nSPS) is 14.2. The molecule has 2 heterocycles. The number of hydrogen-bond acceptors (Lipinski definition) is 6. The molecule has 4 rings (SSSR count). The minimum Gasteiger partial charge on any atom is -0.484 e. The van der Waals surface area contributed by atoms with Gasteiger partial charge in [0.15, 0.2) is 11.7 Å². The summed E-state index contributed by atoms with van der Waals surface area (Å²) < 4.78 is 12.3. The van der Waals surface area contributed by atoms with Gasteiger partial charge in [0.25, 0.3) is 5.91 Å². The van der Waals surface area contributed by atoms with Crippen molar-refractivity contribution in [1.82, 2.24) is 9.88 Å². The Morgan fingerprint density at radius 1 is 1.16 bits per heavy atom. The van der Waals surface area contributed by atoms with Gasteiger partial charge in [0.1, 0.15) is 5.75 Å². The lowest BCUT2D eigenvalue weighted by atomic mass is 10.1. The smallest absolute Gasteiger partial charge is 0.266 e. The van der Waals surface area contributed by atoms with Crippen LogP contribution in [0.25, 0.3) is 10.2 Å². The number of carbonyl (C=O) groups excluding carboxylic acids is 1. The molecule has 1 saturated heterocycles. The number of amides is 1. The summed E-state index contributed by atoms with van der Waals surface area (Å²) in [5, 5.41) is 0.743. The molecule has 0 bridgehead atoms. The molecule has 6 nitrogen and oxygen atoms in total. The molecule has 1 fully saturated rings. The first-order valence-electron chi connectivity index (χ1n) is 10.8. The number of nitrogens with zero attached hydrogens (tertiary/aromatic N) is 3. The lowest BCUT2D eigenvalue weighted by Crippen LogP contribution is -2.40. The molecule has 3 aromatic rings. The highest BCUT2D eigenvalue weighted by atomic mass is 35.5. The van der Waals surface area contributed by atoms with E-state index in [1.807, 2.05) is 30.3 Å². The van der Waals surface area contributed by atoms with Crippen molar-refractivity contribution in [2.24, 2.45) is 0 Å². The molecule has 1 aromatic heterocycles. The maximum absolute atomic E-state index is 13.2. The Morgan fingerprint density at radius 3 is 2.66 bits per heavy atom. The zero-order chi connectivity index (χ0) is 21.6. The van der Waals surface area contributed by atoms with Crippen LogP contribution in [0.3, 0.4) is 0 Å². The molecule has 172 valence electrons. The van der Waals surface area contributed by atoms with Gasteiger partial charge in [0.05, 0.1) is 23.4 Å². The highest BCUT2D eigenvalue weighted by Gasteiger charge is 2.21. The van der Waals surface area contributed by atoms with Crippen LogP contribution < -0.4 is 9.64 Å². The van der Waals surface area contributed by atoms with Crippen LogP contribution in [0.15, 0.2) is 42.5 Å². The number of anilines is 1. The maximum Gasteiger partial charge on any atom is 0.266 e. The fourth-order valence-electron chi connectivity index (χ4n) is 3.67. The van der Waals surface area contributed by atoms with Crippen molar-refractivity contribution >= 4 is 45.0 Å². The molecule has 1 amide bonds. The van der Waals surface area contributed by atoms with Gasteiger partial charge in [0, 0.05) is 26.2 Å². The second kappa shape index (κ2) is 11.6. The SMILES string of the molecule is Cc1ccc2sc(N(CCCN3CCOCC3)C(=O)COc3ccccc3)nc2c1C.Cl. The summed E-state index contributed by atoms with van der Waals surface area (Å²) in [4.78, 5) is 22.2. The van der Waals surface area contributed by atoms with Gasteiger partial charge in [-0.05, 0) is 49.6 Å². The number of thiazole rings is 1. The average Bonchev–Trinajstić information content (AvgIpc) is 3.24. The zero-order valence-corrected chi connectivity index (χ0v) is 20.2. The third-order valence-corrected chi connectivity index (χ3v) is 6.71. The second-order valence-electron chi connectivity index (χ2n) is 7.81. The topological polar surface area (TPSA) is 54.9 Å². The van der Waals surface area contributed by atoms with Crippen molar-refractivity contribution in [1.29, 1.82) is 0 Å². The number of aryl methyl sites for hydroxylation is 2. The molecule has 0 spiro atoms. The molecule has 1 aliphatic heterocycles. The summed E-state index contributed by atoms with van der Waals surface area (Å²) in [6.07, 6.45) is 0.880. The van der Waals surface area contributed by atoms with Crippen LogP contribution >= 0.6 is 23.7 Å². The number of fused-ring (bicyclic) bond motifs is 1. The Labute approximate surface area is 199 Å². The van der Waals surface area contributed by atoms with Gasteiger partial charge in [-0.1, -0.05) is 35.6 Å². The molecule has 0 unspecified atom stereocenters. The molecule has 0 N–H and O–H groups in total. The molecule has 0 aliphatic carbocycles. The number of morpholine rings is 1. The largest absolute Gasteiger partial charge is 0.484 e. The lowest BCUT2D eigenvalue weighted by Gasteiger charge is -2.27. The highest BCUT2D eigenvalue weighted by Crippen LogP contribution is 2.32. The number of benzene rings is 2. The number of rotatable bonds is 8. The van der Waals surface area contributed by atoms with Gasteiger partial charge in [-0.25, -0.2) is 4.98 Å².